The van der Waals surface area contributed by atoms with Crippen LogP contribution in [0.2, 0.25) is 5.02 Å². The summed E-state index contributed by atoms with van der Waals surface area (Å²) in [6.45, 7) is 3.81. The largest absolute Gasteiger partial charge is 0.492 e. The van der Waals surface area contributed by atoms with Crippen LogP contribution in [-0.4, -0.2) is 24.6 Å². The molecule has 0 N–H and O–H groups in total. The first-order valence-electron chi connectivity index (χ1n) is 6.99. The van der Waals surface area contributed by atoms with Gasteiger partial charge < -0.3 is 4.74 Å². The maximum atomic E-state index is 5.85. The summed E-state index contributed by atoms with van der Waals surface area (Å²) >= 11 is 5.85. The van der Waals surface area contributed by atoms with E-state index in [1.807, 2.05) is 24.3 Å². The van der Waals surface area contributed by atoms with Gasteiger partial charge in [0, 0.05) is 24.7 Å². The average Bonchev–Trinajstić information content (AvgIpc) is 2.49. The zero-order valence-electron chi connectivity index (χ0n) is 11.8. The molecule has 0 saturated carbocycles. The first-order valence-corrected chi connectivity index (χ1v) is 7.36. The standard InChI is InChI=1S/C17H18ClNO.ClH/c18-16-5-7-17(8-6-16)20-12-11-19-10-9-14-3-1-2-4-15(14)13-19;/h1-8H,9-13H2;1H. The molecule has 0 fully saturated rings. The van der Waals surface area contributed by atoms with Crippen molar-refractivity contribution < 1.29 is 4.74 Å². The van der Waals surface area contributed by atoms with Crippen LogP contribution in [-0.2, 0) is 13.0 Å². The van der Waals surface area contributed by atoms with Crippen LogP contribution < -0.4 is 4.74 Å². The summed E-state index contributed by atoms with van der Waals surface area (Å²) in [6, 6.07) is 16.2. The van der Waals surface area contributed by atoms with E-state index >= 15 is 0 Å². The fourth-order valence-electron chi connectivity index (χ4n) is 2.57. The molecular weight excluding hydrogens is 305 g/mol. The molecule has 1 aliphatic rings. The summed E-state index contributed by atoms with van der Waals surface area (Å²) in [5.41, 5.74) is 2.94. The van der Waals surface area contributed by atoms with Gasteiger partial charge in [0.15, 0.2) is 0 Å². The molecule has 4 heteroatoms. The first-order chi connectivity index (χ1) is 9.81. The number of hydrogen-bond acceptors (Lipinski definition) is 2. The maximum Gasteiger partial charge on any atom is 0.119 e. The van der Waals surface area contributed by atoms with Gasteiger partial charge in [-0.15, -0.1) is 12.4 Å². The third kappa shape index (κ3) is 4.37. The van der Waals surface area contributed by atoms with Crippen LogP contribution in [0.15, 0.2) is 48.5 Å². The molecule has 0 spiro atoms. The van der Waals surface area contributed by atoms with Crippen LogP contribution in [0.4, 0.5) is 0 Å². The Morgan fingerprint density at radius 3 is 2.48 bits per heavy atom. The molecule has 0 aromatic heterocycles. The van der Waals surface area contributed by atoms with Crippen LogP contribution in [0.25, 0.3) is 0 Å². The van der Waals surface area contributed by atoms with Gasteiger partial charge in [0.2, 0.25) is 0 Å². The lowest BCUT2D eigenvalue weighted by molar-refractivity contribution is 0.196. The highest BCUT2D eigenvalue weighted by atomic mass is 35.5. The monoisotopic (exact) mass is 323 g/mol. The number of ether oxygens (including phenoxy) is 1. The minimum Gasteiger partial charge on any atom is -0.492 e. The number of nitrogens with zero attached hydrogens (tertiary/aromatic N) is 1. The second-order valence-corrected chi connectivity index (χ2v) is 5.53. The van der Waals surface area contributed by atoms with Gasteiger partial charge >= 0.3 is 0 Å². The Labute approximate surface area is 137 Å². The highest BCUT2D eigenvalue weighted by molar-refractivity contribution is 6.30. The quantitative estimate of drug-likeness (QED) is 0.836. The van der Waals surface area contributed by atoms with Crippen LogP contribution in [0.5, 0.6) is 5.75 Å². The number of halogens is 2. The van der Waals surface area contributed by atoms with Crippen molar-refractivity contribution in [2.24, 2.45) is 0 Å². The molecule has 112 valence electrons. The van der Waals surface area contributed by atoms with Crippen molar-refractivity contribution in [2.75, 3.05) is 19.7 Å². The van der Waals surface area contributed by atoms with Crippen molar-refractivity contribution in [3.63, 3.8) is 0 Å². The van der Waals surface area contributed by atoms with Gasteiger partial charge in [-0.1, -0.05) is 35.9 Å². The van der Waals surface area contributed by atoms with Crippen molar-refractivity contribution in [1.82, 2.24) is 4.90 Å². The van der Waals surface area contributed by atoms with Gasteiger partial charge in [-0.25, -0.2) is 0 Å². The summed E-state index contributed by atoms with van der Waals surface area (Å²) in [7, 11) is 0. The Kier molecular flexibility index (Phi) is 5.92. The van der Waals surface area contributed by atoms with Gasteiger partial charge in [0.05, 0.1) is 0 Å². The number of rotatable bonds is 4. The first kappa shape index (κ1) is 16.2. The van der Waals surface area contributed by atoms with Crippen molar-refractivity contribution in [3.8, 4) is 5.75 Å². The van der Waals surface area contributed by atoms with E-state index in [0.29, 0.717) is 6.61 Å². The van der Waals surface area contributed by atoms with Gasteiger partial charge in [-0.2, -0.15) is 0 Å². The molecule has 1 aliphatic heterocycles. The summed E-state index contributed by atoms with van der Waals surface area (Å²) in [5.74, 6) is 0.881. The summed E-state index contributed by atoms with van der Waals surface area (Å²) in [6.07, 6.45) is 1.14. The van der Waals surface area contributed by atoms with E-state index in [0.717, 1.165) is 36.8 Å². The third-order valence-corrected chi connectivity index (χ3v) is 3.95. The molecule has 0 atom stereocenters. The molecule has 0 aliphatic carbocycles. The predicted molar refractivity (Wildman–Crippen MR) is 89.6 cm³/mol. The van der Waals surface area contributed by atoms with Crippen molar-refractivity contribution in [3.05, 3.63) is 64.7 Å². The van der Waals surface area contributed by atoms with Gasteiger partial charge in [-0.05, 0) is 41.8 Å². The minimum atomic E-state index is 0. The summed E-state index contributed by atoms with van der Waals surface area (Å²) < 4.78 is 5.75. The Hall–Kier alpha value is -1.22. The zero-order valence-corrected chi connectivity index (χ0v) is 13.4. The lowest BCUT2D eigenvalue weighted by Crippen LogP contribution is -2.33. The molecule has 0 radical (unpaired) electrons. The Balaban J connectivity index is 0.00000161. The SMILES string of the molecule is Cl.Clc1ccc(OCCN2CCc3ccccc3C2)cc1. The number of hydrogen-bond donors (Lipinski definition) is 0. The fraction of sp³-hybridized carbons (Fsp3) is 0.294. The Morgan fingerprint density at radius 2 is 1.71 bits per heavy atom. The summed E-state index contributed by atoms with van der Waals surface area (Å²) in [5, 5.41) is 0.741. The zero-order chi connectivity index (χ0) is 13.8. The summed E-state index contributed by atoms with van der Waals surface area (Å²) in [4.78, 5) is 2.44. The molecule has 2 aromatic rings. The highest BCUT2D eigenvalue weighted by Crippen LogP contribution is 2.19. The molecular formula is C17H19Cl2NO. The number of benzene rings is 2. The van der Waals surface area contributed by atoms with E-state index < -0.39 is 0 Å². The molecule has 0 saturated heterocycles. The van der Waals surface area contributed by atoms with Gasteiger partial charge in [-0.3, -0.25) is 4.90 Å². The average molecular weight is 324 g/mol. The maximum absolute atomic E-state index is 5.85. The van der Waals surface area contributed by atoms with Crippen LogP contribution in [0.1, 0.15) is 11.1 Å². The fourth-order valence-corrected chi connectivity index (χ4v) is 2.69. The second kappa shape index (κ2) is 7.69. The van der Waals surface area contributed by atoms with Crippen LogP contribution >= 0.6 is 24.0 Å². The van der Waals surface area contributed by atoms with Crippen molar-refractivity contribution in [1.29, 1.82) is 0 Å². The molecule has 2 aromatic carbocycles. The van der Waals surface area contributed by atoms with Crippen molar-refractivity contribution in [2.45, 2.75) is 13.0 Å². The molecule has 0 unspecified atom stereocenters. The molecule has 3 rings (SSSR count). The van der Waals surface area contributed by atoms with E-state index in [1.165, 1.54) is 11.1 Å². The third-order valence-electron chi connectivity index (χ3n) is 3.70. The van der Waals surface area contributed by atoms with Gasteiger partial charge in [0.1, 0.15) is 12.4 Å². The highest BCUT2D eigenvalue weighted by Gasteiger charge is 2.15. The molecule has 2 nitrogen and oxygen atoms in total. The van der Waals surface area contributed by atoms with E-state index in [-0.39, 0.29) is 12.4 Å². The normalized spacial score (nSPS) is 14.1. The van der Waals surface area contributed by atoms with Crippen LogP contribution in [0, 0.1) is 0 Å². The predicted octanol–water partition coefficient (Wildman–Crippen LogP) is 4.20. The lowest BCUT2D eigenvalue weighted by atomic mass is 10.0. The van der Waals surface area contributed by atoms with Crippen molar-refractivity contribution >= 4 is 24.0 Å². The number of fused-ring (bicyclic) bond motifs is 1. The van der Waals surface area contributed by atoms with E-state index in [9.17, 15) is 0 Å². The molecule has 1 heterocycles. The van der Waals surface area contributed by atoms with E-state index in [2.05, 4.69) is 29.2 Å². The topological polar surface area (TPSA) is 12.5 Å². The molecule has 0 bridgehead atoms. The molecule has 21 heavy (non-hydrogen) atoms. The van der Waals surface area contributed by atoms with Gasteiger partial charge in [0.25, 0.3) is 0 Å². The lowest BCUT2D eigenvalue weighted by Gasteiger charge is -2.28. The Morgan fingerprint density at radius 1 is 1.00 bits per heavy atom. The van der Waals surface area contributed by atoms with E-state index in [1.54, 1.807) is 0 Å². The second-order valence-electron chi connectivity index (χ2n) is 5.10. The van der Waals surface area contributed by atoms with Crippen LogP contribution in [0.3, 0.4) is 0 Å². The smallest absolute Gasteiger partial charge is 0.119 e. The minimum absolute atomic E-state index is 0. The van der Waals surface area contributed by atoms with E-state index in [4.69, 9.17) is 16.3 Å². The molecule has 0 amide bonds. The Bertz CT molecular complexity index is 571.